The Morgan fingerprint density at radius 3 is 2.78 bits per heavy atom. The maximum absolute atomic E-state index is 13.7. The van der Waals surface area contributed by atoms with Gasteiger partial charge in [0, 0.05) is 17.7 Å². The fraction of sp³-hybridized carbons (Fsp3) is 0.364. The van der Waals surface area contributed by atoms with Crippen molar-refractivity contribution in [1.82, 2.24) is 14.8 Å². The van der Waals surface area contributed by atoms with Crippen molar-refractivity contribution in [2.75, 3.05) is 11.9 Å². The maximum atomic E-state index is 13.7. The van der Waals surface area contributed by atoms with Gasteiger partial charge in [0.2, 0.25) is 0 Å². The minimum absolute atomic E-state index is 0.0620. The predicted octanol–water partition coefficient (Wildman–Crippen LogP) is 5.46. The molecule has 1 aromatic carbocycles. The van der Waals surface area contributed by atoms with Gasteiger partial charge in [-0.1, -0.05) is 11.6 Å². The molecule has 1 saturated heterocycles. The highest BCUT2D eigenvalue weighted by molar-refractivity contribution is 6.31. The zero-order valence-electron chi connectivity index (χ0n) is 17.5. The Hall–Kier alpha value is -3.09. The van der Waals surface area contributed by atoms with Gasteiger partial charge in [-0.05, 0) is 62.4 Å². The number of nitriles is 1. The molecule has 0 bridgehead atoms. The van der Waals surface area contributed by atoms with Crippen molar-refractivity contribution < 1.29 is 18.3 Å². The summed E-state index contributed by atoms with van der Waals surface area (Å²) in [6, 6.07) is 6.69. The van der Waals surface area contributed by atoms with Gasteiger partial charge in [-0.2, -0.15) is 10.4 Å². The van der Waals surface area contributed by atoms with Gasteiger partial charge in [-0.25, -0.2) is 18.4 Å². The van der Waals surface area contributed by atoms with E-state index in [0.29, 0.717) is 35.4 Å². The standard InChI is InChI=1S/C22H20ClF2N5O2/c1-11-12(2)18(28-20(23)15(11)10-26)22(31)27-13-6-7-16-14(9-13)19(21(24)25)29-30(16)17-5-3-4-8-32-17/h6-7,9,17,21H,3-5,8H2,1-2H3,(H,27,31). The fourth-order valence-electron chi connectivity index (χ4n) is 3.84. The van der Waals surface area contributed by atoms with Gasteiger partial charge in [0.05, 0.1) is 11.1 Å². The Kier molecular flexibility index (Phi) is 6.09. The molecule has 166 valence electrons. The number of fused-ring (bicyclic) bond motifs is 1. The molecule has 1 atom stereocenters. The maximum Gasteiger partial charge on any atom is 0.282 e. The molecule has 1 N–H and O–H groups in total. The molecular formula is C22H20ClF2N5O2. The number of amides is 1. The molecule has 1 fully saturated rings. The average molecular weight is 460 g/mol. The zero-order valence-corrected chi connectivity index (χ0v) is 18.2. The Morgan fingerprint density at radius 2 is 2.12 bits per heavy atom. The lowest BCUT2D eigenvalue weighted by Gasteiger charge is -2.23. The molecule has 1 amide bonds. The number of pyridine rings is 1. The minimum Gasteiger partial charge on any atom is -0.356 e. The normalized spacial score (nSPS) is 16.3. The van der Waals surface area contributed by atoms with Crippen molar-refractivity contribution in [2.24, 2.45) is 0 Å². The number of rotatable bonds is 4. The molecule has 0 saturated carbocycles. The Bertz CT molecular complexity index is 1250. The van der Waals surface area contributed by atoms with E-state index in [2.05, 4.69) is 15.4 Å². The van der Waals surface area contributed by atoms with Crippen LogP contribution in [0.25, 0.3) is 10.9 Å². The van der Waals surface area contributed by atoms with Gasteiger partial charge in [0.15, 0.2) is 6.23 Å². The number of halogens is 3. The van der Waals surface area contributed by atoms with Crippen molar-refractivity contribution in [3.63, 3.8) is 0 Å². The first-order valence-electron chi connectivity index (χ1n) is 10.1. The second-order valence-corrected chi connectivity index (χ2v) is 7.98. The number of ether oxygens (including phenoxy) is 1. The van der Waals surface area contributed by atoms with Crippen LogP contribution in [0.1, 0.15) is 64.8 Å². The van der Waals surface area contributed by atoms with E-state index < -0.39 is 18.6 Å². The van der Waals surface area contributed by atoms with Crippen molar-refractivity contribution in [2.45, 2.75) is 45.8 Å². The number of nitrogens with one attached hydrogen (secondary N) is 1. The van der Waals surface area contributed by atoms with E-state index in [0.717, 1.165) is 12.8 Å². The number of benzene rings is 1. The van der Waals surface area contributed by atoms with Crippen LogP contribution in [-0.2, 0) is 4.74 Å². The molecule has 2 aromatic heterocycles. The number of hydrogen-bond donors (Lipinski definition) is 1. The van der Waals surface area contributed by atoms with Crippen molar-refractivity contribution in [3.8, 4) is 6.07 Å². The van der Waals surface area contributed by atoms with Crippen LogP contribution in [0, 0.1) is 25.2 Å². The molecule has 1 aliphatic rings. The second kappa shape index (κ2) is 8.81. The molecule has 3 aromatic rings. The first-order valence-corrected chi connectivity index (χ1v) is 10.5. The van der Waals surface area contributed by atoms with E-state index in [1.165, 1.54) is 10.7 Å². The molecule has 0 spiro atoms. The lowest BCUT2D eigenvalue weighted by atomic mass is 10.0. The summed E-state index contributed by atoms with van der Waals surface area (Å²) in [6.07, 6.45) is -0.614. The molecule has 7 nitrogen and oxygen atoms in total. The van der Waals surface area contributed by atoms with E-state index in [-0.39, 0.29) is 27.5 Å². The van der Waals surface area contributed by atoms with E-state index in [4.69, 9.17) is 16.3 Å². The summed E-state index contributed by atoms with van der Waals surface area (Å²) < 4.78 is 34.6. The van der Waals surface area contributed by atoms with E-state index >= 15 is 0 Å². The number of anilines is 1. The van der Waals surface area contributed by atoms with Crippen LogP contribution < -0.4 is 5.32 Å². The van der Waals surface area contributed by atoms with Gasteiger partial charge in [0.1, 0.15) is 22.6 Å². The molecule has 0 aliphatic carbocycles. The van der Waals surface area contributed by atoms with Crippen LogP contribution in [0.2, 0.25) is 5.15 Å². The topological polar surface area (TPSA) is 92.8 Å². The second-order valence-electron chi connectivity index (χ2n) is 7.63. The van der Waals surface area contributed by atoms with Gasteiger partial charge in [-0.3, -0.25) is 4.79 Å². The van der Waals surface area contributed by atoms with Gasteiger partial charge < -0.3 is 10.1 Å². The molecule has 1 aliphatic heterocycles. The Morgan fingerprint density at radius 1 is 1.34 bits per heavy atom. The molecule has 3 heterocycles. The minimum atomic E-state index is -2.78. The van der Waals surface area contributed by atoms with Crippen LogP contribution in [0.3, 0.4) is 0 Å². The number of nitrogens with zero attached hydrogens (tertiary/aromatic N) is 4. The van der Waals surface area contributed by atoms with Gasteiger partial charge >= 0.3 is 0 Å². The Labute approximate surface area is 187 Å². The van der Waals surface area contributed by atoms with Crippen molar-refractivity contribution in [1.29, 1.82) is 5.26 Å². The third kappa shape index (κ3) is 3.92. The quantitative estimate of drug-likeness (QED) is 0.523. The number of carbonyl (C=O) groups excluding carboxylic acids is 1. The number of aromatic nitrogens is 3. The Balaban J connectivity index is 1.70. The fourth-order valence-corrected chi connectivity index (χ4v) is 4.11. The van der Waals surface area contributed by atoms with Gasteiger partial charge in [-0.15, -0.1) is 0 Å². The van der Waals surface area contributed by atoms with Crippen LogP contribution in [-0.4, -0.2) is 27.3 Å². The predicted molar refractivity (Wildman–Crippen MR) is 115 cm³/mol. The van der Waals surface area contributed by atoms with E-state index in [1.54, 1.807) is 26.0 Å². The smallest absolute Gasteiger partial charge is 0.282 e. The summed E-state index contributed by atoms with van der Waals surface area (Å²) in [4.78, 5) is 16.9. The highest BCUT2D eigenvalue weighted by Crippen LogP contribution is 2.34. The number of hydrogen-bond acceptors (Lipinski definition) is 5. The monoisotopic (exact) mass is 459 g/mol. The first-order chi connectivity index (χ1) is 15.3. The average Bonchev–Trinajstić information content (AvgIpc) is 3.16. The highest BCUT2D eigenvalue weighted by Gasteiger charge is 2.25. The zero-order chi connectivity index (χ0) is 23.0. The third-order valence-electron chi connectivity index (χ3n) is 5.66. The van der Waals surface area contributed by atoms with Crippen molar-refractivity contribution in [3.05, 3.63) is 51.4 Å². The van der Waals surface area contributed by atoms with Crippen LogP contribution in [0.4, 0.5) is 14.5 Å². The lowest BCUT2D eigenvalue weighted by Crippen LogP contribution is -2.19. The van der Waals surface area contributed by atoms with Crippen LogP contribution in [0.5, 0.6) is 0 Å². The van der Waals surface area contributed by atoms with E-state index in [9.17, 15) is 18.8 Å². The molecule has 0 radical (unpaired) electrons. The summed E-state index contributed by atoms with van der Waals surface area (Å²) in [6.45, 7) is 3.91. The summed E-state index contributed by atoms with van der Waals surface area (Å²) in [5.41, 5.74) is 1.80. The van der Waals surface area contributed by atoms with Gasteiger partial charge in [0.25, 0.3) is 12.3 Å². The summed E-state index contributed by atoms with van der Waals surface area (Å²) in [7, 11) is 0. The number of carbonyl (C=O) groups is 1. The molecular weight excluding hydrogens is 440 g/mol. The largest absolute Gasteiger partial charge is 0.356 e. The van der Waals surface area contributed by atoms with E-state index in [1.807, 2.05) is 6.07 Å². The first kappa shape index (κ1) is 22.1. The van der Waals surface area contributed by atoms with Crippen molar-refractivity contribution >= 4 is 34.1 Å². The summed E-state index contributed by atoms with van der Waals surface area (Å²) in [5.74, 6) is -0.557. The molecule has 4 rings (SSSR count). The molecule has 32 heavy (non-hydrogen) atoms. The highest BCUT2D eigenvalue weighted by atomic mass is 35.5. The molecule has 1 unspecified atom stereocenters. The summed E-state index contributed by atoms with van der Waals surface area (Å²) >= 11 is 6.04. The lowest BCUT2D eigenvalue weighted by molar-refractivity contribution is -0.0374. The number of alkyl halides is 2. The van der Waals surface area contributed by atoms with Crippen LogP contribution in [0.15, 0.2) is 18.2 Å². The summed E-state index contributed by atoms with van der Waals surface area (Å²) in [5, 5.41) is 16.2. The SMILES string of the molecule is Cc1c(C(=O)Nc2ccc3c(c2)c(C(F)F)nn3C2CCCCO2)nc(Cl)c(C#N)c1C. The molecule has 10 heteroatoms. The van der Waals surface area contributed by atoms with Crippen LogP contribution >= 0.6 is 11.6 Å². The third-order valence-corrected chi connectivity index (χ3v) is 5.94.